The SMILES string of the molecule is CN(C(=O)CSCc1ccco1)c1ccccc1. The summed E-state index contributed by atoms with van der Waals surface area (Å²) in [4.78, 5) is 13.6. The zero-order chi connectivity index (χ0) is 12.8. The van der Waals surface area contributed by atoms with Crippen LogP contribution in [0.4, 0.5) is 5.69 Å². The molecule has 2 aromatic rings. The molecule has 0 aliphatic rings. The molecule has 0 unspecified atom stereocenters. The Morgan fingerprint density at radius 3 is 2.67 bits per heavy atom. The van der Waals surface area contributed by atoms with Gasteiger partial charge in [-0.05, 0) is 24.3 Å². The Balaban J connectivity index is 1.81. The quantitative estimate of drug-likeness (QED) is 0.829. The first-order chi connectivity index (χ1) is 8.77. The van der Waals surface area contributed by atoms with E-state index in [0.717, 1.165) is 17.2 Å². The van der Waals surface area contributed by atoms with E-state index in [9.17, 15) is 4.79 Å². The first kappa shape index (κ1) is 12.8. The van der Waals surface area contributed by atoms with Gasteiger partial charge in [-0.1, -0.05) is 18.2 Å². The average Bonchev–Trinajstić information content (AvgIpc) is 2.92. The van der Waals surface area contributed by atoms with Gasteiger partial charge in [-0.15, -0.1) is 11.8 Å². The van der Waals surface area contributed by atoms with Crippen LogP contribution in [0.5, 0.6) is 0 Å². The van der Waals surface area contributed by atoms with Crippen molar-refractivity contribution in [1.29, 1.82) is 0 Å². The van der Waals surface area contributed by atoms with Gasteiger partial charge in [0.1, 0.15) is 5.76 Å². The van der Waals surface area contributed by atoms with Crippen molar-refractivity contribution in [3.63, 3.8) is 0 Å². The molecule has 0 atom stereocenters. The molecular formula is C14H15NO2S. The monoisotopic (exact) mass is 261 g/mol. The molecular weight excluding hydrogens is 246 g/mol. The smallest absolute Gasteiger partial charge is 0.236 e. The minimum Gasteiger partial charge on any atom is -0.468 e. The number of hydrogen-bond acceptors (Lipinski definition) is 3. The topological polar surface area (TPSA) is 33.5 Å². The number of carbonyl (C=O) groups excluding carboxylic acids is 1. The third-order valence-corrected chi connectivity index (χ3v) is 3.51. The zero-order valence-electron chi connectivity index (χ0n) is 10.2. The van der Waals surface area contributed by atoms with Crippen molar-refractivity contribution in [2.45, 2.75) is 5.75 Å². The minimum atomic E-state index is 0.0951. The molecule has 1 aromatic carbocycles. The second-order valence-corrected chi connectivity index (χ2v) is 4.85. The van der Waals surface area contributed by atoms with Gasteiger partial charge in [-0.25, -0.2) is 0 Å². The summed E-state index contributed by atoms with van der Waals surface area (Å²) < 4.78 is 5.21. The van der Waals surface area contributed by atoms with Crippen LogP contribution >= 0.6 is 11.8 Å². The molecule has 0 saturated heterocycles. The van der Waals surface area contributed by atoms with Gasteiger partial charge in [0.15, 0.2) is 0 Å². The van der Waals surface area contributed by atoms with Crippen LogP contribution in [0.2, 0.25) is 0 Å². The van der Waals surface area contributed by atoms with E-state index in [-0.39, 0.29) is 5.91 Å². The Kier molecular flexibility index (Phi) is 4.47. The van der Waals surface area contributed by atoms with Gasteiger partial charge in [-0.3, -0.25) is 4.79 Å². The van der Waals surface area contributed by atoms with E-state index in [2.05, 4.69) is 0 Å². The molecule has 0 radical (unpaired) electrons. The Hall–Kier alpha value is -1.68. The lowest BCUT2D eigenvalue weighted by molar-refractivity contribution is -0.115. The number of thioether (sulfide) groups is 1. The number of nitrogens with zero attached hydrogens (tertiary/aromatic N) is 1. The molecule has 0 aliphatic heterocycles. The molecule has 0 aliphatic carbocycles. The first-order valence-corrected chi connectivity index (χ1v) is 6.84. The van der Waals surface area contributed by atoms with Crippen LogP contribution in [0.15, 0.2) is 53.1 Å². The molecule has 0 N–H and O–H groups in total. The highest BCUT2D eigenvalue weighted by molar-refractivity contribution is 7.99. The molecule has 1 heterocycles. The summed E-state index contributed by atoms with van der Waals surface area (Å²) in [7, 11) is 1.80. The van der Waals surface area contributed by atoms with Crippen molar-refractivity contribution < 1.29 is 9.21 Å². The highest BCUT2D eigenvalue weighted by Crippen LogP contribution is 2.16. The lowest BCUT2D eigenvalue weighted by atomic mass is 10.3. The van der Waals surface area contributed by atoms with Crippen molar-refractivity contribution >= 4 is 23.4 Å². The molecule has 4 heteroatoms. The number of amides is 1. The summed E-state index contributed by atoms with van der Waals surface area (Å²) in [5, 5.41) is 0. The van der Waals surface area contributed by atoms with Crippen molar-refractivity contribution in [3.05, 3.63) is 54.5 Å². The van der Waals surface area contributed by atoms with Gasteiger partial charge in [0.2, 0.25) is 5.91 Å². The highest BCUT2D eigenvalue weighted by Gasteiger charge is 2.10. The fraction of sp³-hybridized carbons (Fsp3) is 0.214. The number of benzene rings is 1. The van der Waals surface area contributed by atoms with Crippen LogP contribution in [-0.4, -0.2) is 18.7 Å². The molecule has 1 aromatic heterocycles. The van der Waals surface area contributed by atoms with Crippen LogP contribution in [0, 0.1) is 0 Å². The maximum absolute atomic E-state index is 11.9. The van der Waals surface area contributed by atoms with E-state index >= 15 is 0 Å². The Morgan fingerprint density at radius 1 is 1.22 bits per heavy atom. The number of para-hydroxylation sites is 1. The maximum Gasteiger partial charge on any atom is 0.236 e. The van der Waals surface area contributed by atoms with Crippen molar-refractivity contribution in [1.82, 2.24) is 0 Å². The molecule has 1 amide bonds. The standard InChI is InChI=1S/C14H15NO2S/c1-15(12-6-3-2-4-7-12)14(16)11-18-10-13-8-5-9-17-13/h2-9H,10-11H2,1H3. The number of furan rings is 1. The van der Waals surface area contributed by atoms with Crippen LogP contribution in [-0.2, 0) is 10.5 Å². The Labute approximate surface area is 111 Å². The van der Waals surface area contributed by atoms with E-state index in [1.807, 2.05) is 42.5 Å². The Bertz CT molecular complexity index is 482. The first-order valence-electron chi connectivity index (χ1n) is 5.69. The summed E-state index contributed by atoms with van der Waals surface area (Å²) in [5.41, 5.74) is 0.918. The lowest BCUT2D eigenvalue weighted by Gasteiger charge is -2.16. The molecule has 3 nitrogen and oxygen atoms in total. The average molecular weight is 261 g/mol. The van der Waals surface area contributed by atoms with Crippen LogP contribution in [0.1, 0.15) is 5.76 Å². The summed E-state index contributed by atoms with van der Waals surface area (Å²) in [6.07, 6.45) is 1.65. The largest absolute Gasteiger partial charge is 0.468 e. The molecule has 18 heavy (non-hydrogen) atoms. The van der Waals surface area contributed by atoms with Gasteiger partial charge in [0.05, 0.1) is 17.8 Å². The van der Waals surface area contributed by atoms with Crippen molar-refractivity contribution in [2.75, 3.05) is 17.7 Å². The fourth-order valence-electron chi connectivity index (χ4n) is 1.53. The van der Waals surface area contributed by atoms with Crippen LogP contribution in [0.25, 0.3) is 0 Å². The number of anilines is 1. The second-order valence-electron chi connectivity index (χ2n) is 3.86. The van der Waals surface area contributed by atoms with Crippen LogP contribution in [0.3, 0.4) is 0 Å². The van der Waals surface area contributed by atoms with E-state index < -0.39 is 0 Å². The Morgan fingerprint density at radius 2 is 2.00 bits per heavy atom. The number of hydrogen-bond donors (Lipinski definition) is 0. The van der Waals surface area contributed by atoms with E-state index in [1.165, 1.54) is 0 Å². The van der Waals surface area contributed by atoms with E-state index in [4.69, 9.17) is 4.42 Å². The third-order valence-electron chi connectivity index (χ3n) is 2.57. The van der Waals surface area contributed by atoms with E-state index in [0.29, 0.717) is 5.75 Å². The number of rotatable bonds is 5. The van der Waals surface area contributed by atoms with Gasteiger partial charge >= 0.3 is 0 Å². The molecule has 0 fully saturated rings. The van der Waals surface area contributed by atoms with Crippen molar-refractivity contribution in [2.24, 2.45) is 0 Å². The molecule has 2 rings (SSSR count). The lowest BCUT2D eigenvalue weighted by Crippen LogP contribution is -2.27. The minimum absolute atomic E-state index is 0.0951. The molecule has 0 saturated carbocycles. The van der Waals surface area contributed by atoms with Gasteiger partial charge < -0.3 is 9.32 Å². The highest BCUT2D eigenvalue weighted by atomic mass is 32.2. The fourth-order valence-corrected chi connectivity index (χ4v) is 2.36. The summed E-state index contributed by atoms with van der Waals surface area (Å²) in [6.45, 7) is 0. The third kappa shape index (κ3) is 3.40. The predicted octanol–water partition coefficient (Wildman–Crippen LogP) is 3.18. The summed E-state index contributed by atoms with van der Waals surface area (Å²) in [6, 6.07) is 13.4. The van der Waals surface area contributed by atoms with Crippen molar-refractivity contribution in [3.8, 4) is 0 Å². The predicted molar refractivity (Wildman–Crippen MR) is 74.7 cm³/mol. The summed E-state index contributed by atoms with van der Waals surface area (Å²) >= 11 is 1.56. The second kappa shape index (κ2) is 6.31. The maximum atomic E-state index is 11.9. The molecule has 0 bridgehead atoms. The van der Waals surface area contributed by atoms with E-state index in [1.54, 1.807) is 30.0 Å². The number of carbonyl (C=O) groups is 1. The van der Waals surface area contributed by atoms with Gasteiger partial charge in [0.25, 0.3) is 0 Å². The van der Waals surface area contributed by atoms with Gasteiger partial charge in [0, 0.05) is 12.7 Å². The normalized spacial score (nSPS) is 10.3. The summed E-state index contributed by atoms with van der Waals surface area (Å²) in [5.74, 6) is 2.17. The zero-order valence-corrected chi connectivity index (χ0v) is 11.0. The van der Waals surface area contributed by atoms with Crippen LogP contribution < -0.4 is 4.90 Å². The van der Waals surface area contributed by atoms with Gasteiger partial charge in [-0.2, -0.15) is 0 Å². The molecule has 0 spiro atoms. The molecule has 94 valence electrons.